The topological polar surface area (TPSA) is 26.3 Å². The van der Waals surface area contributed by atoms with Crippen LogP contribution in [-0.2, 0) is 9.53 Å². The summed E-state index contributed by atoms with van der Waals surface area (Å²) < 4.78 is 5.31. The number of Topliss-reactive ketones (excluding diaryl/α,β-unsaturated/α-hetero) is 1. The molecule has 0 fully saturated rings. The van der Waals surface area contributed by atoms with E-state index in [1.807, 2.05) is 6.92 Å². The highest BCUT2D eigenvalue weighted by molar-refractivity contribution is 5.74. The van der Waals surface area contributed by atoms with Crippen molar-refractivity contribution >= 4 is 5.78 Å². The summed E-state index contributed by atoms with van der Waals surface area (Å²) in [5.41, 5.74) is 0. The molecule has 0 amide bonds. The van der Waals surface area contributed by atoms with Crippen LogP contribution in [0.3, 0.4) is 0 Å². The van der Waals surface area contributed by atoms with Crippen LogP contribution in [0, 0.1) is 0 Å². The van der Waals surface area contributed by atoms with Gasteiger partial charge in [0.1, 0.15) is 5.78 Å². The van der Waals surface area contributed by atoms with Crippen LogP contribution in [0.5, 0.6) is 0 Å². The molecule has 0 aliphatic carbocycles. The molecule has 0 radical (unpaired) electrons. The maximum Gasteiger partial charge on any atom is 0.129 e. The summed E-state index contributed by atoms with van der Waals surface area (Å²) >= 11 is 0. The Bertz CT molecular complexity index is 105. The SMILES string of the molecule is CCC(C)=O.CCCCOCCCC. The highest BCUT2D eigenvalue weighted by atomic mass is 16.5. The van der Waals surface area contributed by atoms with E-state index in [-0.39, 0.29) is 5.78 Å². The van der Waals surface area contributed by atoms with Gasteiger partial charge in [0.15, 0.2) is 0 Å². The molecule has 0 unspecified atom stereocenters. The van der Waals surface area contributed by atoms with Crippen LogP contribution in [0.1, 0.15) is 59.8 Å². The van der Waals surface area contributed by atoms with Crippen LogP contribution in [-0.4, -0.2) is 19.0 Å². The molecule has 0 aromatic heterocycles. The normalized spacial score (nSPS) is 9.14. The zero-order chi connectivity index (χ0) is 11.2. The lowest BCUT2D eigenvalue weighted by molar-refractivity contribution is -0.116. The Labute approximate surface area is 89.0 Å². The van der Waals surface area contributed by atoms with E-state index in [0.717, 1.165) is 13.2 Å². The molecule has 0 N–H and O–H groups in total. The van der Waals surface area contributed by atoms with Gasteiger partial charge < -0.3 is 9.53 Å². The smallest absolute Gasteiger partial charge is 0.129 e. The average molecular weight is 202 g/mol. The molecule has 14 heavy (non-hydrogen) atoms. The van der Waals surface area contributed by atoms with Crippen LogP contribution in [0.4, 0.5) is 0 Å². The second-order valence-electron chi connectivity index (χ2n) is 3.38. The zero-order valence-electron chi connectivity index (χ0n) is 10.3. The average Bonchev–Trinajstić information content (AvgIpc) is 2.19. The van der Waals surface area contributed by atoms with Crippen molar-refractivity contribution in [3.8, 4) is 0 Å². The number of hydrogen-bond donors (Lipinski definition) is 0. The van der Waals surface area contributed by atoms with Crippen molar-refractivity contribution in [2.75, 3.05) is 13.2 Å². The molecule has 86 valence electrons. The van der Waals surface area contributed by atoms with Crippen molar-refractivity contribution in [2.45, 2.75) is 59.8 Å². The molecule has 0 aromatic rings. The molecule has 0 spiro atoms. The van der Waals surface area contributed by atoms with E-state index in [2.05, 4.69) is 13.8 Å². The van der Waals surface area contributed by atoms with Crippen molar-refractivity contribution < 1.29 is 9.53 Å². The Balaban J connectivity index is 0. The number of ketones is 1. The van der Waals surface area contributed by atoms with Gasteiger partial charge in [-0.15, -0.1) is 0 Å². The van der Waals surface area contributed by atoms with Crippen molar-refractivity contribution in [3.05, 3.63) is 0 Å². The van der Waals surface area contributed by atoms with Gasteiger partial charge in [0.25, 0.3) is 0 Å². The van der Waals surface area contributed by atoms with Crippen LogP contribution in [0.25, 0.3) is 0 Å². The molecule has 0 atom stereocenters. The fraction of sp³-hybridized carbons (Fsp3) is 0.917. The van der Waals surface area contributed by atoms with Gasteiger partial charge in [-0.1, -0.05) is 33.6 Å². The van der Waals surface area contributed by atoms with Gasteiger partial charge in [-0.05, 0) is 19.8 Å². The first-order chi connectivity index (χ1) is 6.68. The van der Waals surface area contributed by atoms with Crippen molar-refractivity contribution in [2.24, 2.45) is 0 Å². The van der Waals surface area contributed by atoms with E-state index in [0.29, 0.717) is 6.42 Å². The first kappa shape index (κ1) is 16.1. The van der Waals surface area contributed by atoms with Crippen LogP contribution >= 0.6 is 0 Å². The quantitative estimate of drug-likeness (QED) is 0.590. The fourth-order valence-electron chi connectivity index (χ4n) is 0.595. The molecule has 0 bridgehead atoms. The number of carbonyl (C=O) groups is 1. The lowest BCUT2D eigenvalue weighted by Crippen LogP contribution is -1.95. The minimum absolute atomic E-state index is 0.255. The molecule has 0 aliphatic heterocycles. The van der Waals surface area contributed by atoms with Gasteiger partial charge >= 0.3 is 0 Å². The van der Waals surface area contributed by atoms with E-state index in [9.17, 15) is 4.79 Å². The van der Waals surface area contributed by atoms with Crippen molar-refractivity contribution in [1.29, 1.82) is 0 Å². The Hall–Kier alpha value is -0.370. The summed E-state index contributed by atoms with van der Waals surface area (Å²) in [6, 6.07) is 0. The van der Waals surface area contributed by atoms with Gasteiger partial charge in [-0.25, -0.2) is 0 Å². The number of rotatable bonds is 7. The lowest BCUT2D eigenvalue weighted by atomic mass is 10.3. The second-order valence-corrected chi connectivity index (χ2v) is 3.38. The number of hydrogen-bond acceptors (Lipinski definition) is 2. The summed E-state index contributed by atoms with van der Waals surface area (Å²) in [5, 5.41) is 0. The van der Waals surface area contributed by atoms with Crippen LogP contribution < -0.4 is 0 Å². The molecule has 0 aromatic carbocycles. The van der Waals surface area contributed by atoms with E-state index < -0.39 is 0 Å². The van der Waals surface area contributed by atoms with Gasteiger partial charge in [-0.2, -0.15) is 0 Å². The van der Waals surface area contributed by atoms with Crippen LogP contribution in [0.15, 0.2) is 0 Å². The lowest BCUT2D eigenvalue weighted by Gasteiger charge is -1.99. The number of ether oxygens (including phenoxy) is 1. The van der Waals surface area contributed by atoms with E-state index in [1.54, 1.807) is 6.92 Å². The van der Waals surface area contributed by atoms with Gasteiger partial charge in [0, 0.05) is 19.6 Å². The monoisotopic (exact) mass is 202 g/mol. The fourth-order valence-corrected chi connectivity index (χ4v) is 0.595. The second kappa shape index (κ2) is 15.1. The molecule has 0 saturated heterocycles. The van der Waals surface area contributed by atoms with Crippen molar-refractivity contribution in [1.82, 2.24) is 0 Å². The standard InChI is InChI=1S/C8H18O.C4H8O/c1-3-5-7-9-8-6-4-2;1-3-4(2)5/h3-8H2,1-2H3;3H2,1-2H3. The summed E-state index contributed by atoms with van der Waals surface area (Å²) in [4.78, 5) is 9.81. The molecule has 0 aliphatic rings. The Kier molecular flexibility index (Phi) is 17.4. The molecular weight excluding hydrogens is 176 g/mol. The van der Waals surface area contributed by atoms with E-state index >= 15 is 0 Å². The van der Waals surface area contributed by atoms with Crippen LogP contribution in [0.2, 0.25) is 0 Å². The summed E-state index contributed by atoms with van der Waals surface area (Å²) in [7, 11) is 0. The predicted octanol–water partition coefficient (Wildman–Crippen LogP) is 3.59. The van der Waals surface area contributed by atoms with Gasteiger partial charge in [-0.3, -0.25) is 0 Å². The maximum absolute atomic E-state index is 9.81. The molecule has 0 saturated carbocycles. The Morgan fingerprint density at radius 3 is 1.57 bits per heavy atom. The highest BCUT2D eigenvalue weighted by Crippen LogP contribution is 1.91. The third-order valence-electron chi connectivity index (χ3n) is 1.78. The Morgan fingerprint density at radius 2 is 1.36 bits per heavy atom. The molecule has 2 heteroatoms. The van der Waals surface area contributed by atoms with Gasteiger partial charge in [0.05, 0.1) is 0 Å². The summed E-state index contributed by atoms with van der Waals surface area (Å²) in [5.74, 6) is 0.255. The Morgan fingerprint density at radius 1 is 1.00 bits per heavy atom. The first-order valence-electron chi connectivity index (χ1n) is 5.76. The zero-order valence-corrected chi connectivity index (χ0v) is 10.3. The van der Waals surface area contributed by atoms with Crippen molar-refractivity contribution in [3.63, 3.8) is 0 Å². The molecule has 0 rings (SSSR count). The van der Waals surface area contributed by atoms with Gasteiger partial charge in [0.2, 0.25) is 0 Å². The van der Waals surface area contributed by atoms with E-state index in [1.165, 1.54) is 25.7 Å². The highest BCUT2D eigenvalue weighted by Gasteiger charge is 1.84. The number of carbonyl (C=O) groups excluding carboxylic acids is 1. The summed E-state index contributed by atoms with van der Waals surface area (Å²) in [6.07, 6.45) is 5.58. The minimum Gasteiger partial charge on any atom is -0.381 e. The third kappa shape index (κ3) is 22.6. The van der Waals surface area contributed by atoms with E-state index in [4.69, 9.17) is 4.74 Å². The first-order valence-corrected chi connectivity index (χ1v) is 5.76. The molecule has 0 heterocycles. The predicted molar refractivity (Wildman–Crippen MR) is 61.6 cm³/mol. The minimum atomic E-state index is 0.255. The largest absolute Gasteiger partial charge is 0.381 e. The maximum atomic E-state index is 9.81. The molecular formula is C12H26O2. The number of unbranched alkanes of at least 4 members (excludes halogenated alkanes) is 2. The molecule has 2 nitrogen and oxygen atoms in total. The third-order valence-corrected chi connectivity index (χ3v) is 1.78. The summed E-state index contributed by atoms with van der Waals surface area (Å²) in [6.45, 7) is 9.71.